The molecule has 34 heavy (non-hydrogen) atoms. The van der Waals surface area contributed by atoms with Gasteiger partial charge in [0.15, 0.2) is 11.0 Å². The van der Waals surface area contributed by atoms with Crippen molar-refractivity contribution >= 4 is 29.3 Å². The normalized spacial score (nSPS) is 12.0. The number of furan rings is 1. The molecule has 9 heteroatoms. The number of hydrogen-bond donors (Lipinski definition) is 0. The molecule has 1 amide bonds. The van der Waals surface area contributed by atoms with Crippen LogP contribution >= 0.6 is 23.4 Å². The van der Waals surface area contributed by atoms with Gasteiger partial charge in [0, 0.05) is 29.7 Å². The van der Waals surface area contributed by atoms with Crippen LogP contribution < -0.4 is 0 Å². The van der Waals surface area contributed by atoms with E-state index in [0.29, 0.717) is 28.1 Å². The maximum Gasteiger partial charge on any atom is 0.235 e. The lowest BCUT2D eigenvalue weighted by molar-refractivity contribution is -0.129. The average Bonchev–Trinajstić information content (AvgIpc) is 3.47. The predicted octanol–water partition coefficient (Wildman–Crippen LogP) is 5.83. The van der Waals surface area contributed by atoms with Crippen LogP contribution in [0.25, 0.3) is 11.4 Å². The Hall–Kier alpha value is -3.10. The number of aromatic nitrogens is 3. The van der Waals surface area contributed by atoms with E-state index in [0.717, 1.165) is 16.9 Å². The topological polar surface area (TPSA) is 64.2 Å². The van der Waals surface area contributed by atoms with Gasteiger partial charge in [-0.3, -0.25) is 9.36 Å². The first-order valence-corrected chi connectivity index (χ1v) is 12.0. The van der Waals surface area contributed by atoms with E-state index < -0.39 is 11.1 Å². The van der Waals surface area contributed by atoms with E-state index in [-0.39, 0.29) is 12.5 Å². The van der Waals surface area contributed by atoms with E-state index in [1.807, 2.05) is 47.9 Å². The Balaban J connectivity index is 1.58. The van der Waals surface area contributed by atoms with E-state index >= 15 is 0 Å². The SMILES string of the molecule is Cc1ccccc1-c1nnc(SC(C)C(=O)N(C)Cc2c(F)cccc2Cl)n1Cc1ccco1. The molecule has 0 radical (unpaired) electrons. The fourth-order valence-electron chi connectivity index (χ4n) is 3.62. The molecule has 1 atom stereocenters. The minimum absolute atomic E-state index is 0.0722. The number of hydrogen-bond acceptors (Lipinski definition) is 5. The highest BCUT2D eigenvalue weighted by atomic mass is 35.5. The Labute approximate surface area is 206 Å². The molecule has 1 unspecified atom stereocenters. The third kappa shape index (κ3) is 5.18. The summed E-state index contributed by atoms with van der Waals surface area (Å²) in [6.45, 7) is 4.31. The molecule has 0 spiro atoms. The molecule has 0 bridgehead atoms. The number of nitrogens with zero attached hydrogens (tertiary/aromatic N) is 4. The number of carbonyl (C=O) groups is 1. The fraction of sp³-hybridized carbons (Fsp3) is 0.240. The number of aryl methyl sites for hydroxylation is 1. The minimum Gasteiger partial charge on any atom is -0.467 e. The van der Waals surface area contributed by atoms with Crippen molar-refractivity contribution < 1.29 is 13.6 Å². The predicted molar refractivity (Wildman–Crippen MR) is 131 cm³/mol. The number of halogens is 2. The van der Waals surface area contributed by atoms with Crippen LogP contribution in [-0.4, -0.2) is 37.9 Å². The second kappa shape index (κ2) is 10.4. The molecule has 4 rings (SSSR count). The van der Waals surface area contributed by atoms with Gasteiger partial charge in [0.2, 0.25) is 5.91 Å². The zero-order chi connectivity index (χ0) is 24.2. The number of amides is 1. The molecule has 176 valence electrons. The van der Waals surface area contributed by atoms with Gasteiger partial charge in [0.05, 0.1) is 18.1 Å². The number of rotatable bonds is 8. The van der Waals surface area contributed by atoms with Crippen molar-refractivity contribution in [3.05, 3.63) is 88.6 Å². The third-order valence-electron chi connectivity index (χ3n) is 5.46. The molecular formula is C25H24ClFN4O2S. The molecule has 0 fully saturated rings. The molecule has 2 heterocycles. The lowest BCUT2D eigenvalue weighted by Crippen LogP contribution is -2.33. The molecule has 2 aromatic heterocycles. The second-order valence-electron chi connectivity index (χ2n) is 7.94. The van der Waals surface area contributed by atoms with E-state index in [2.05, 4.69) is 10.2 Å². The highest BCUT2D eigenvalue weighted by molar-refractivity contribution is 8.00. The van der Waals surface area contributed by atoms with Gasteiger partial charge in [0.25, 0.3) is 0 Å². The van der Waals surface area contributed by atoms with Gasteiger partial charge in [-0.05, 0) is 43.7 Å². The maximum absolute atomic E-state index is 14.2. The van der Waals surface area contributed by atoms with Crippen LogP contribution in [0.4, 0.5) is 4.39 Å². The Morgan fingerprint density at radius 3 is 2.68 bits per heavy atom. The Morgan fingerprint density at radius 2 is 1.97 bits per heavy atom. The first kappa shape index (κ1) is 24.0. The van der Waals surface area contributed by atoms with Gasteiger partial charge in [-0.15, -0.1) is 10.2 Å². The molecule has 0 saturated heterocycles. The molecule has 2 aromatic carbocycles. The molecule has 6 nitrogen and oxygen atoms in total. The Morgan fingerprint density at radius 1 is 1.18 bits per heavy atom. The smallest absolute Gasteiger partial charge is 0.235 e. The van der Waals surface area contributed by atoms with Gasteiger partial charge >= 0.3 is 0 Å². The van der Waals surface area contributed by atoms with Gasteiger partial charge in [-0.1, -0.05) is 53.7 Å². The van der Waals surface area contributed by atoms with E-state index in [9.17, 15) is 9.18 Å². The Kier molecular flexibility index (Phi) is 7.38. The van der Waals surface area contributed by atoms with Crippen molar-refractivity contribution in [2.45, 2.75) is 37.3 Å². The first-order chi connectivity index (χ1) is 16.3. The summed E-state index contributed by atoms with van der Waals surface area (Å²) in [7, 11) is 1.63. The molecule has 0 aliphatic heterocycles. The highest BCUT2D eigenvalue weighted by Gasteiger charge is 2.25. The van der Waals surface area contributed by atoms with Gasteiger partial charge < -0.3 is 9.32 Å². The first-order valence-electron chi connectivity index (χ1n) is 10.7. The van der Waals surface area contributed by atoms with Gasteiger partial charge in [-0.2, -0.15) is 0 Å². The van der Waals surface area contributed by atoms with E-state index in [1.165, 1.54) is 22.7 Å². The summed E-state index contributed by atoms with van der Waals surface area (Å²) < 4.78 is 21.7. The number of thioether (sulfide) groups is 1. The van der Waals surface area contributed by atoms with Gasteiger partial charge in [0.1, 0.15) is 11.6 Å². The van der Waals surface area contributed by atoms with Crippen molar-refractivity contribution in [3.8, 4) is 11.4 Å². The summed E-state index contributed by atoms with van der Waals surface area (Å²) in [5, 5.41) is 9.22. The Bertz CT molecular complexity index is 1270. The highest BCUT2D eigenvalue weighted by Crippen LogP contribution is 2.30. The summed E-state index contributed by atoms with van der Waals surface area (Å²) in [4.78, 5) is 14.6. The van der Waals surface area contributed by atoms with Crippen LogP contribution in [0.2, 0.25) is 5.02 Å². The third-order valence-corrected chi connectivity index (χ3v) is 6.88. The van der Waals surface area contributed by atoms with Crippen LogP contribution in [0, 0.1) is 12.7 Å². The van der Waals surface area contributed by atoms with Crippen molar-refractivity contribution in [1.82, 2.24) is 19.7 Å². The van der Waals surface area contributed by atoms with Crippen molar-refractivity contribution in [2.24, 2.45) is 0 Å². The van der Waals surface area contributed by atoms with Crippen LogP contribution in [0.3, 0.4) is 0 Å². The van der Waals surface area contributed by atoms with Crippen LogP contribution in [0.5, 0.6) is 0 Å². The van der Waals surface area contributed by atoms with Crippen molar-refractivity contribution in [1.29, 1.82) is 0 Å². The summed E-state index contributed by atoms with van der Waals surface area (Å²) in [5.41, 5.74) is 2.32. The molecular weight excluding hydrogens is 475 g/mol. The minimum atomic E-state index is -0.486. The summed E-state index contributed by atoms with van der Waals surface area (Å²) in [6, 6.07) is 16.1. The number of carbonyl (C=O) groups excluding carboxylic acids is 1. The zero-order valence-corrected chi connectivity index (χ0v) is 20.6. The van der Waals surface area contributed by atoms with E-state index in [1.54, 1.807) is 32.4 Å². The van der Waals surface area contributed by atoms with Crippen LogP contribution in [0.15, 0.2) is 70.4 Å². The quantitative estimate of drug-likeness (QED) is 0.286. The van der Waals surface area contributed by atoms with Gasteiger partial charge in [-0.25, -0.2) is 4.39 Å². The van der Waals surface area contributed by atoms with Crippen molar-refractivity contribution in [3.63, 3.8) is 0 Å². The molecule has 0 N–H and O–H groups in total. The summed E-state index contributed by atoms with van der Waals surface area (Å²) in [5.74, 6) is 0.841. The fourth-order valence-corrected chi connectivity index (χ4v) is 4.80. The second-order valence-corrected chi connectivity index (χ2v) is 9.66. The maximum atomic E-state index is 14.2. The van der Waals surface area contributed by atoms with E-state index in [4.69, 9.17) is 16.0 Å². The zero-order valence-electron chi connectivity index (χ0n) is 19.0. The van der Waals surface area contributed by atoms with Crippen LogP contribution in [0.1, 0.15) is 23.8 Å². The molecule has 0 aliphatic carbocycles. The summed E-state index contributed by atoms with van der Waals surface area (Å²) in [6.07, 6.45) is 1.62. The number of benzene rings is 2. The summed E-state index contributed by atoms with van der Waals surface area (Å²) >= 11 is 7.43. The largest absolute Gasteiger partial charge is 0.467 e. The lowest BCUT2D eigenvalue weighted by Gasteiger charge is -2.22. The average molecular weight is 499 g/mol. The molecule has 0 aliphatic rings. The molecule has 4 aromatic rings. The molecule has 0 saturated carbocycles. The monoisotopic (exact) mass is 498 g/mol. The lowest BCUT2D eigenvalue weighted by atomic mass is 10.1. The van der Waals surface area contributed by atoms with Crippen LogP contribution in [-0.2, 0) is 17.9 Å². The van der Waals surface area contributed by atoms with Crippen molar-refractivity contribution in [2.75, 3.05) is 7.05 Å². The standard InChI is InChI=1S/C25H24ClFN4O2S/c1-16-8-4-5-10-19(16)23-28-29-25(31(23)14-18-9-7-13-33-18)34-17(2)24(32)30(3)15-20-21(26)11-6-12-22(20)27/h4-13,17H,14-15H2,1-3H3.